The van der Waals surface area contributed by atoms with Crippen molar-refractivity contribution in [1.82, 2.24) is 10.6 Å². The number of nitrogens with one attached hydrogen (secondary N) is 2. The quantitative estimate of drug-likeness (QED) is 0.0614. The zero-order chi connectivity index (χ0) is 25.0. The Balaban J connectivity index is 3.03. The maximum Gasteiger partial charge on any atom is 0.325 e. The van der Waals surface area contributed by atoms with Gasteiger partial charge in [-0.2, -0.15) is 0 Å². The lowest BCUT2D eigenvalue weighted by Crippen LogP contribution is -2.16. The van der Waals surface area contributed by atoms with Gasteiger partial charge in [0.1, 0.15) is 0 Å². The molecule has 0 bridgehead atoms. The average molecular weight is 505 g/mol. The van der Waals surface area contributed by atoms with Crippen LogP contribution in [0.5, 0.6) is 0 Å². The molecule has 0 aromatic rings. The smallest absolute Gasteiger partial charge is 0.324 e. The van der Waals surface area contributed by atoms with Crippen molar-refractivity contribution in [3.05, 3.63) is 0 Å². The van der Waals surface area contributed by atoms with Crippen LogP contribution in [0, 0.1) is 0 Å². The van der Waals surface area contributed by atoms with Crippen molar-refractivity contribution in [2.45, 2.75) is 148 Å². The molecule has 0 saturated heterocycles. The van der Waals surface area contributed by atoms with Gasteiger partial charge in [-0.1, -0.05) is 116 Å². The molecule has 0 aromatic heterocycles. The zero-order valence-corrected chi connectivity index (χ0v) is 23.7. The van der Waals surface area contributed by atoms with Crippen LogP contribution in [0.1, 0.15) is 148 Å². The summed E-state index contributed by atoms with van der Waals surface area (Å²) in [5, 5.41) is 7.21. The van der Waals surface area contributed by atoms with Gasteiger partial charge in [0.25, 0.3) is 0 Å². The predicted molar refractivity (Wildman–Crippen MR) is 150 cm³/mol. The summed E-state index contributed by atoms with van der Waals surface area (Å²) in [6.07, 6.45) is 28.4. The highest BCUT2D eigenvalue weighted by Gasteiger charge is 2.10. The molecule has 0 aliphatic rings. The number of rotatable bonds is 29. The summed E-state index contributed by atoms with van der Waals surface area (Å²) < 4.78 is 10.8. The predicted octanol–water partition coefficient (Wildman–Crippen LogP) is 7.95. The van der Waals surface area contributed by atoms with Gasteiger partial charge in [-0.15, -0.1) is 0 Å². The second-order valence-electron chi connectivity index (χ2n) is 10.3. The SMILES string of the molecule is CCCCCCCCNCCCCCCCCCNCCCCCCCCCCCP(=O)(O)O. The van der Waals surface area contributed by atoms with Crippen molar-refractivity contribution >= 4 is 7.60 Å². The molecule has 34 heavy (non-hydrogen) atoms. The van der Waals surface area contributed by atoms with Gasteiger partial charge >= 0.3 is 7.60 Å². The zero-order valence-electron chi connectivity index (χ0n) is 22.8. The van der Waals surface area contributed by atoms with Crippen molar-refractivity contribution in [2.24, 2.45) is 0 Å². The van der Waals surface area contributed by atoms with E-state index in [2.05, 4.69) is 17.6 Å². The molecule has 0 rings (SSSR count). The third-order valence-corrected chi connectivity index (χ3v) is 7.62. The fourth-order valence-electron chi connectivity index (χ4n) is 4.47. The molecule has 0 atom stereocenters. The Hall–Kier alpha value is 0.0700. The maximum atomic E-state index is 10.8. The van der Waals surface area contributed by atoms with E-state index in [1.54, 1.807) is 0 Å². The number of hydrogen-bond acceptors (Lipinski definition) is 3. The standard InChI is InChI=1S/C28H61N2O3P/c1-2-3-4-5-14-19-24-29-26-21-16-11-9-12-17-22-27-30-25-20-15-10-7-6-8-13-18-23-28-34(31,32)33/h29-30H,2-28H2,1H3,(H2,31,32,33). The van der Waals surface area contributed by atoms with E-state index in [9.17, 15) is 4.57 Å². The maximum absolute atomic E-state index is 10.8. The van der Waals surface area contributed by atoms with Gasteiger partial charge in [0, 0.05) is 6.16 Å². The van der Waals surface area contributed by atoms with Crippen molar-refractivity contribution in [3.63, 3.8) is 0 Å². The van der Waals surface area contributed by atoms with Crippen LogP contribution in [0.4, 0.5) is 0 Å². The molecule has 0 aliphatic carbocycles. The molecular weight excluding hydrogens is 443 g/mol. The highest BCUT2D eigenvalue weighted by Crippen LogP contribution is 2.35. The third kappa shape index (κ3) is 32.1. The molecule has 0 aromatic carbocycles. The van der Waals surface area contributed by atoms with Crippen LogP contribution >= 0.6 is 7.60 Å². The van der Waals surface area contributed by atoms with E-state index in [1.807, 2.05) is 0 Å². The van der Waals surface area contributed by atoms with Crippen LogP contribution in [0.25, 0.3) is 0 Å². The normalized spacial score (nSPS) is 12.0. The van der Waals surface area contributed by atoms with Gasteiger partial charge in [0.05, 0.1) is 0 Å². The molecule has 0 heterocycles. The minimum atomic E-state index is -3.77. The van der Waals surface area contributed by atoms with Crippen LogP contribution in [-0.4, -0.2) is 42.1 Å². The van der Waals surface area contributed by atoms with Crippen molar-refractivity contribution in [3.8, 4) is 0 Å². The minimum Gasteiger partial charge on any atom is -0.324 e. The molecule has 6 heteroatoms. The fourth-order valence-corrected chi connectivity index (χ4v) is 5.10. The average Bonchev–Trinajstić information content (AvgIpc) is 2.80. The Morgan fingerprint density at radius 3 is 1.00 bits per heavy atom. The monoisotopic (exact) mass is 504 g/mol. The molecule has 0 aliphatic heterocycles. The van der Waals surface area contributed by atoms with Crippen molar-refractivity contribution < 1.29 is 14.4 Å². The van der Waals surface area contributed by atoms with E-state index in [1.165, 1.54) is 142 Å². The van der Waals surface area contributed by atoms with Crippen LogP contribution < -0.4 is 10.6 Å². The third-order valence-electron chi connectivity index (χ3n) is 6.72. The first-order valence-electron chi connectivity index (χ1n) is 15.0. The molecule has 0 saturated carbocycles. The van der Waals surface area contributed by atoms with E-state index in [0.717, 1.165) is 19.4 Å². The molecule has 0 unspecified atom stereocenters. The topological polar surface area (TPSA) is 81.6 Å². The number of unbranched alkanes of at least 4 members (excludes halogenated alkanes) is 19. The largest absolute Gasteiger partial charge is 0.325 e. The van der Waals surface area contributed by atoms with E-state index in [4.69, 9.17) is 9.79 Å². The van der Waals surface area contributed by atoms with E-state index >= 15 is 0 Å². The molecular formula is C28H61N2O3P. The number of hydrogen-bond donors (Lipinski definition) is 4. The summed E-state index contributed by atoms with van der Waals surface area (Å²) in [5.74, 6) is 0. The summed E-state index contributed by atoms with van der Waals surface area (Å²) in [6.45, 7) is 7.04. The van der Waals surface area contributed by atoms with Gasteiger partial charge in [-0.05, 0) is 58.3 Å². The van der Waals surface area contributed by atoms with Crippen LogP contribution in [0.3, 0.4) is 0 Å². The lowest BCUT2D eigenvalue weighted by atomic mass is 10.1. The molecule has 0 amide bonds. The second kappa shape index (κ2) is 27.7. The van der Waals surface area contributed by atoms with Crippen molar-refractivity contribution in [1.29, 1.82) is 0 Å². The molecule has 5 nitrogen and oxygen atoms in total. The summed E-state index contributed by atoms with van der Waals surface area (Å²) >= 11 is 0. The fraction of sp³-hybridized carbons (Fsp3) is 1.00. The van der Waals surface area contributed by atoms with E-state index < -0.39 is 7.60 Å². The van der Waals surface area contributed by atoms with E-state index in [-0.39, 0.29) is 6.16 Å². The minimum absolute atomic E-state index is 0.0529. The van der Waals surface area contributed by atoms with Crippen LogP contribution in [-0.2, 0) is 4.57 Å². The van der Waals surface area contributed by atoms with Crippen LogP contribution in [0.15, 0.2) is 0 Å². The summed E-state index contributed by atoms with van der Waals surface area (Å²) in [6, 6.07) is 0. The second-order valence-corrected chi connectivity index (χ2v) is 12.1. The first-order chi connectivity index (χ1) is 16.6. The van der Waals surface area contributed by atoms with Crippen LogP contribution in [0.2, 0.25) is 0 Å². The van der Waals surface area contributed by atoms with Gasteiger partial charge in [-0.25, -0.2) is 0 Å². The van der Waals surface area contributed by atoms with Gasteiger partial charge in [0.15, 0.2) is 0 Å². The van der Waals surface area contributed by atoms with Gasteiger partial charge < -0.3 is 20.4 Å². The molecule has 0 radical (unpaired) electrons. The van der Waals surface area contributed by atoms with E-state index in [0.29, 0.717) is 6.42 Å². The Bertz CT molecular complexity index is 432. The Morgan fingerprint density at radius 2 is 0.706 bits per heavy atom. The molecule has 206 valence electrons. The Morgan fingerprint density at radius 1 is 0.441 bits per heavy atom. The molecule has 4 N–H and O–H groups in total. The highest BCUT2D eigenvalue weighted by molar-refractivity contribution is 7.51. The van der Waals surface area contributed by atoms with Gasteiger partial charge in [0.2, 0.25) is 0 Å². The Kier molecular flexibility index (Phi) is 27.7. The lowest BCUT2D eigenvalue weighted by Gasteiger charge is -2.06. The summed E-state index contributed by atoms with van der Waals surface area (Å²) in [5.41, 5.74) is 0. The van der Waals surface area contributed by atoms with Crippen molar-refractivity contribution in [2.75, 3.05) is 32.3 Å². The highest BCUT2D eigenvalue weighted by atomic mass is 31.2. The first kappa shape index (κ1) is 34.1. The summed E-state index contributed by atoms with van der Waals surface area (Å²) in [4.78, 5) is 17.6. The lowest BCUT2D eigenvalue weighted by molar-refractivity contribution is 0.370. The first-order valence-corrected chi connectivity index (χ1v) is 16.8. The Labute approximate surface area is 213 Å². The van der Waals surface area contributed by atoms with Gasteiger partial charge in [-0.3, -0.25) is 4.57 Å². The molecule has 0 spiro atoms. The summed E-state index contributed by atoms with van der Waals surface area (Å²) in [7, 11) is -3.77. The molecule has 0 fully saturated rings.